The fourth-order valence-corrected chi connectivity index (χ4v) is 3.05. The van der Waals surface area contributed by atoms with Crippen molar-refractivity contribution in [1.82, 2.24) is 14.9 Å². The van der Waals surface area contributed by atoms with Crippen LogP contribution in [0.2, 0.25) is 0 Å². The number of hydrogen-bond donors (Lipinski definition) is 2. The van der Waals surface area contributed by atoms with Crippen molar-refractivity contribution < 1.29 is 4.79 Å². The van der Waals surface area contributed by atoms with E-state index in [2.05, 4.69) is 21.8 Å². The molecule has 1 aromatic carbocycles. The van der Waals surface area contributed by atoms with E-state index in [1.165, 1.54) is 0 Å². The number of benzene rings is 1. The number of fused-ring (bicyclic) bond motifs is 1. The molecule has 24 heavy (non-hydrogen) atoms. The molecule has 0 unspecified atom stereocenters. The molecule has 4 rings (SSSR count). The molecular formula is C19H18N4O. The van der Waals surface area contributed by atoms with E-state index < -0.39 is 0 Å². The summed E-state index contributed by atoms with van der Waals surface area (Å²) in [5.74, 6) is -0.0359. The number of para-hydroxylation sites is 1. The van der Waals surface area contributed by atoms with Gasteiger partial charge in [0.1, 0.15) is 5.69 Å². The van der Waals surface area contributed by atoms with Crippen molar-refractivity contribution in [2.45, 2.75) is 13.0 Å². The van der Waals surface area contributed by atoms with Gasteiger partial charge in [0.25, 0.3) is 5.91 Å². The maximum atomic E-state index is 12.6. The minimum absolute atomic E-state index is 0.0359. The highest BCUT2D eigenvalue weighted by molar-refractivity contribution is 6.03. The number of carbonyl (C=O) groups excluding carboxylic acids is 1. The monoisotopic (exact) mass is 318 g/mol. The number of aromatic nitrogens is 2. The summed E-state index contributed by atoms with van der Waals surface area (Å²) in [7, 11) is 0. The lowest BCUT2D eigenvalue weighted by molar-refractivity contribution is 0.0952. The Morgan fingerprint density at radius 2 is 1.88 bits per heavy atom. The Bertz CT molecular complexity index is 856. The lowest BCUT2D eigenvalue weighted by Crippen LogP contribution is -2.23. The van der Waals surface area contributed by atoms with E-state index in [0.717, 1.165) is 35.5 Å². The van der Waals surface area contributed by atoms with E-state index in [-0.39, 0.29) is 5.91 Å². The van der Waals surface area contributed by atoms with Crippen LogP contribution in [0.5, 0.6) is 0 Å². The topological polar surface area (TPSA) is 59.0 Å². The average Bonchev–Trinajstić information content (AvgIpc) is 2.88. The first-order valence-corrected chi connectivity index (χ1v) is 8.07. The van der Waals surface area contributed by atoms with Crippen LogP contribution in [-0.4, -0.2) is 22.0 Å². The second-order valence-electron chi connectivity index (χ2n) is 5.80. The normalized spacial score (nSPS) is 13.8. The second-order valence-corrected chi connectivity index (χ2v) is 5.80. The van der Waals surface area contributed by atoms with Crippen LogP contribution in [0.15, 0.2) is 61.1 Å². The number of hydrogen-bond acceptors (Lipinski definition) is 3. The largest absolute Gasteiger partial charge is 0.353 e. The predicted molar refractivity (Wildman–Crippen MR) is 94.3 cm³/mol. The molecule has 0 aliphatic carbocycles. The van der Waals surface area contributed by atoms with Gasteiger partial charge < -0.3 is 15.2 Å². The molecule has 120 valence electrons. The number of aryl methyl sites for hydroxylation is 1. The molecular weight excluding hydrogens is 300 g/mol. The van der Waals surface area contributed by atoms with E-state index in [1.54, 1.807) is 12.4 Å². The Kier molecular flexibility index (Phi) is 3.75. The molecule has 2 aromatic heterocycles. The van der Waals surface area contributed by atoms with E-state index >= 15 is 0 Å². The molecule has 0 saturated carbocycles. The zero-order valence-electron chi connectivity index (χ0n) is 13.2. The van der Waals surface area contributed by atoms with Crippen molar-refractivity contribution in [2.75, 3.05) is 11.9 Å². The second kappa shape index (κ2) is 6.20. The molecule has 0 bridgehead atoms. The summed E-state index contributed by atoms with van der Waals surface area (Å²) in [5.41, 5.74) is 4.53. The molecule has 0 spiro atoms. The molecule has 2 N–H and O–H groups in total. The molecule has 1 aliphatic rings. The predicted octanol–water partition coefficient (Wildman–Crippen LogP) is 3.43. The summed E-state index contributed by atoms with van der Waals surface area (Å²) >= 11 is 0. The first-order valence-electron chi connectivity index (χ1n) is 8.07. The lowest BCUT2D eigenvalue weighted by atomic mass is 10.1. The SMILES string of the molecule is O=C1NCCCn2cc(-c3ccncc3)c(Nc3ccccc3)c21. The number of rotatable bonds is 3. The van der Waals surface area contributed by atoms with Crippen LogP contribution in [0.25, 0.3) is 11.1 Å². The van der Waals surface area contributed by atoms with E-state index in [1.807, 2.05) is 47.0 Å². The molecule has 1 amide bonds. The van der Waals surface area contributed by atoms with E-state index in [0.29, 0.717) is 12.2 Å². The van der Waals surface area contributed by atoms with Gasteiger partial charge in [-0.1, -0.05) is 18.2 Å². The Labute approximate surface area is 140 Å². The molecule has 0 radical (unpaired) electrons. The number of pyridine rings is 1. The van der Waals surface area contributed by atoms with Crippen molar-refractivity contribution in [3.05, 3.63) is 66.7 Å². The van der Waals surface area contributed by atoms with Gasteiger partial charge >= 0.3 is 0 Å². The van der Waals surface area contributed by atoms with Gasteiger partial charge in [0.2, 0.25) is 0 Å². The molecule has 0 atom stereocenters. The van der Waals surface area contributed by atoms with E-state index in [9.17, 15) is 4.79 Å². The molecule has 0 saturated heterocycles. The first kappa shape index (κ1) is 14.5. The summed E-state index contributed by atoms with van der Waals surface area (Å²) in [6, 6.07) is 13.8. The van der Waals surface area contributed by atoms with Crippen LogP contribution in [0.4, 0.5) is 11.4 Å². The Balaban J connectivity index is 1.87. The fraction of sp³-hybridized carbons (Fsp3) is 0.158. The molecule has 0 fully saturated rings. The van der Waals surface area contributed by atoms with Crippen LogP contribution in [-0.2, 0) is 6.54 Å². The Morgan fingerprint density at radius 1 is 1.08 bits per heavy atom. The van der Waals surface area contributed by atoms with Crippen molar-refractivity contribution in [3.63, 3.8) is 0 Å². The number of carbonyl (C=O) groups is 1. The van der Waals surface area contributed by atoms with Crippen LogP contribution >= 0.6 is 0 Å². The van der Waals surface area contributed by atoms with Crippen LogP contribution in [0, 0.1) is 0 Å². The zero-order chi connectivity index (χ0) is 16.4. The van der Waals surface area contributed by atoms with Crippen LogP contribution in [0.3, 0.4) is 0 Å². The van der Waals surface area contributed by atoms with Gasteiger partial charge in [0, 0.05) is 42.9 Å². The lowest BCUT2D eigenvalue weighted by Gasteiger charge is -2.11. The maximum absolute atomic E-state index is 12.6. The first-order chi connectivity index (χ1) is 11.8. The van der Waals surface area contributed by atoms with Gasteiger partial charge in [-0.2, -0.15) is 0 Å². The number of amides is 1. The van der Waals surface area contributed by atoms with Gasteiger partial charge in [-0.25, -0.2) is 0 Å². The smallest absolute Gasteiger partial charge is 0.270 e. The third-order valence-corrected chi connectivity index (χ3v) is 4.19. The fourth-order valence-electron chi connectivity index (χ4n) is 3.05. The Hall–Kier alpha value is -3.08. The summed E-state index contributed by atoms with van der Waals surface area (Å²) in [5, 5.41) is 6.41. The van der Waals surface area contributed by atoms with Crippen molar-refractivity contribution in [2.24, 2.45) is 0 Å². The van der Waals surface area contributed by atoms with Gasteiger partial charge in [-0.15, -0.1) is 0 Å². The van der Waals surface area contributed by atoms with Crippen LogP contribution in [0.1, 0.15) is 16.9 Å². The van der Waals surface area contributed by atoms with Gasteiger partial charge in [0.15, 0.2) is 0 Å². The zero-order valence-corrected chi connectivity index (χ0v) is 13.2. The van der Waals surface area contributed by atoms with Crippen LogP contribution < -0.4 is 10.6 Å². The molecule has 1 aliphatic heterocycles. The highest BCUT2D eigenvalue weighted by Crippen LogP contribution is 2.35. The van der Waals surface area contributed by atoms with Gasteiger partial charge in [0.05, 0.1) is 5.69 Å². The number of nitrogens with one attached hydrogen (secondary N) is 2. The minimum Gasteiger partial charge on any atom is -0.353 e. The molecule has 5 heteroatoms. The standard InChI is InChI=1S/C19H18N4O/c24-19-18-17(22-15-5-2-1-3-6-15)16(14-7-10-20-11-8-14)13-23(18)12-4-9-21-19/h1-3,5-8,10-11,13,22H,4,9,12H2,(H,21,24). The highest BCUT2D eigenvalue weighted by Gasteiger charge is 2.24. The van der Waals surface area contributed by atoms with E-state index in [4.69, 9.17) is 0 Å². The van der Waals surface area contributed by atoms with Gasteiger partial charge in [-0.3, -0.25) is 9.78 Å². The average molecular weight is 318 g/mol. The summed E-state index contributed by atoms with van der Waals surface area (Å²) in [6.07, 6.45) is 6.52. The number of nitrogens with zero attached hydrogens (tertiary/aromatic N) is 2. The van der Waals surface area contributed by atoms with Crippen molar-refractivity contribution in [1.29, 1.82) is 0 Å². The van der Waals surface area contributed by atoms with Gasteiger partial charge in [-0.05, 0) is 36.2 Å². The molecule has 5 nitrogen and oxygen atoms in total. The number of anilines is 2. The third kappa shape index (κ3) is 2.65. The molecule has 3 heterocycles. The van der Waals surface area contributed by atoms with Crippen molar-refractivity contribution in [3.8, 4) is 11.1 Å². The molecule has 3 aromatic rings. The summed E-state index contributed by atoms with van der Waals surface area (Å²) < 4.78 is 2.05. The highest BCUT2D eigenvalue weighted by atomic mass is 16.2. The van der Waals surface area contributed by atoms with Crippen molar-refractivity contribution >= 4 is 17.3 Å². The third-order valence-electron chi connectivity index (χ3n) is 4.19. The summed E-state index contributed by atoms with van der Waals surface area (Å²) in [4.78, 5) is 16.7. The maximum Gasteiger partial charge on any atom is 0.270 e. The minimum atomic E-state index is -0.0359. The quantitative estimate of drug-likeness (QED) is 0.778. The Morgan fingerprint density at radius 3 is 2.67 bits per heavy atom. The summed E-state index contributed by atoms with van der Waals surface area (Å²) in [6.45, 7) is 1.53.